The number of hydrogen-bond donors (Lipinski definition) is 2. The second-order valence-corrected chi connectivity index (χ2v) is 13.5. The number of nitrogens with two attached hydrogens (primary N) is 1. The highest BCUT2D eigenvalue weighted by Gasteiger charge is 2.57. The van der Waals surface area contributed by atoms with Crippen LogP contribution in [0.5, 0.6) is 5.75 Å². The second-order valence-electron chi connectivity index (χ2n) is 11.7. The molecule has 1 heterocycles. The average Bonchev–Trinajstić information content (AvgIpc) is 3.32. The average molecular weight is 491 g/mol. The third-order valence-electron chi connectivity index (χ3n) is 9.63. The van der Waals surface area contributed by atoms with Gasteiger partial charge >= 0.3 is 0 Å². The van der Waals surface area contributed by atoms with Crippen LogP contribution in [-0.4, -0.2) is 42.2 Å². The fourth-order valence-corrected chi connectivity index (χ4v) is 7.98. The smallest absolute Gasteiger partial charge is 0.225 e. The van der Waals surface area contributed by atoms with Crippen LogP contribution in [0.15, 0.2) is 18.2 Å². The van der Waals surface area contributed by atoms with Gasteiger partial charge in [0.05, 0.1) is 5.25 Å². The van der Waals surface area contributed by atoms with Gasteiger partial charge in [-0.05, 0) is 61.1 Å². The van der Waals surface area contributed by atoms with Crippen molar-refractivity contribution in [3.05, 3.63) is 29.3 Å². The molecule has 1 aromatic carbocycles. The van der Waals surface area contributed by atoms with E-state index in [4.69, 9.17) is 5.14 Å². The van der Waals surface area contributed by atoms with Gasteiger partial charge in [-0.25, -0.2) is 13.6 Å². The van der Waals surface area contributed by atoms with Crippen LogP contribution in [0.3, 0.4) is 0 Å². The van der Waals surface area contributed by atoms with Gasteiger partial charge in [-0.15, -0.1) is 0 Å². The van der Waals surface area contributed by atoms with Crippen molar-refractivity contribution < 1.29 is 18.3 Å². The van der Waals surface area contributed by atoms with Crippen molar-refractivity contribution in [2.75, 3.05) is 6.54 Å². The molecule has 1 saturated heterocycles. The maximum absolute atomic E-state index is 13.2. The molecule has 2 bridgehead atoms. The first-order chi connectivity index (χ1) is 16.0. The molecule has 5 rings (SSSR count). The van der Waals surface area contributed by atoms with Crippen LogP contribution in [-0.2, 0) is 26.7 Å². The highest BCUT2D eigenvalue weighted by Crippen LogP contribution is 2.57. The lowest BCUT2D eigenvalue weighted by Crippen LogP contribution is -2.65. The largest absolute Gasteiger partial charge is 0.508 e. The molecule has 3 fully saturated rings. The highest BCUT2D eigenvalue weighted by molar-refractivity contribution is 7.89. The van der Waals surface area contributed by atoms with E-state index in [0.29, 0.717) is 11.7 Å². The summed E-state index contributed by atoms with van der Waals surface area (Å²) in [5, 5.41) is 15.2. The maximum atomic E-state index is 13.2. The van der Waals surface area contributed by atoms with Gasteiger partial charge in [0.1, 0.15) is 5.75 Å². The van der Waals surface area contributed by atoms with Crippen molar-refractivity contribution in [3.63, 3.8) is 0 Å². The lowest BCUT2D eigenvalue weighted by Gasteiger charge is -2.61. The Labute approximate surface area is 205 Å². The number of carbonyl (C=O) groups is 1. The Bertz CT molecular complexity index is 1010. The highest BCUT2D eigenvalue weighted by atomic mass is 32.2. The Morgan fingerprint density at radius 1 is 1.03 bits per heavy atom. The summed E-state index contributed by atoms with van der Waals surface area (Å²) >= 11 is 0. The quantitative estimate of drug-likeness (QED) is 0.631. The number of hydrogen-bond acceptors (Lipinski definition) is 4. The van der Waals surface area contributed by atoms with Crippen LogP contribution in [0.25, 0.3) is 0 Å². The van der Waals surface area contributed by atoms with Crippen molar-refractivity contribution >= 4 is 15.9 Å². The number of primary sulfonamides is 1. The molecule has 0 radical (unpaired) electrons. The zero-order chi connectivity index (χ0) is 24.7. The second kappa shape index (κ2) is 9.45. The Balaban J connectivity index is 0.000000231. The molecule has 34 heavy (non-hydrogen) atoms. The normalized spacial score (nSPS) is 29.2. The summed E-state index contributed by atoms with van der Waals surface area (Å²) in [5.41, 5.74) is 2.38. The van der Waals surface area contributed by atoms with E-state index in [-0.39, 0.29) is 28.0 Å². The number of fused-ring (bicyclic) bond motifs is 4. The van der Waals surface area contributed by atoms with Gasteiger partial charge < -0.3 is 10.0 Å². The van der Waals surface area contributed by atoms with E-state index in [0.717, 1.165) is 69.9 Å². The molecular formula is C27H42N2O4S. The van der Waals surface area contributed by atoms with Crippen LogP contribution >= 0.6 is 0 Å². The zero-order valence-electron chi connectivity index (χ0n) is 21.1. The molecular weight excluding hydrogens is 448 g/mol. The molecule has 4 aliphatic rings. The summed E-state index contributed by atoms with van der Waals surface area (Å²) in [6, 6.07) is 6.12. The van der Waals surface area contributed by atoms with E-state index in [1.807, 2.05) is 6.07 Å². The minimum atomic E-state index is -3.23. The first-order valence-electron chi connectivity index (χ1n) is 13.1. The molecule has 0 spiro atoms. The van der Waals surface area contributed by atoms with Crippen molar-refractivity contribution in [1.29, 1.82) is 0 Å². The topological polar surface area (TPSA) is 101 Å². The third-order valence-corrected chi connectivity index (χ3v) is 11.0. The number of sulfonamides is 1. The van der Waals surface area contributed by atoms with Gasteiger partial charge in [-0.1, -0.05) is 65.0 Å². The first-order valence-corrected chi connectivity index (χ1v) is 14.7. The van der Waals surface area contributed by atoms with E-state index in [1.165, 1.54) is 18.4 Å². The number of phenols is 1. The van der Waals surface area contributed by atoms with E-state index < -0.39 is 10.0 Å². The Morgan fingerprint density at radius 3 is 2.24 bits per heavy atom. The number of phenolic OH excluding ortho intramolecular Hbond substituents is 1. The summed E-state index contributed by atoms with van der Waals surface area (Å²) in [4.78, 5) is 15.3. The predicted octanol–water partition coefficient (Wildman–Crippen LogP) is 4.63. The monoisotopic (exact) mass is 490 g/mol. The standard InChI is InChI=1S/C21H29NO2.C6H13NO2S/c1-20(2)18-13-15-16(9-6-10-17(15)23)21(20,3)11-12-22(18)19(24)14-7-4-5-8-14;7-10(8,9)6-4-2-1-3-5-6/h6,9-10,14,18,23H,4-5,7-8,11-13H2,1-3H3;6H,1-5H2,(H2,7,8,9)/t18-,21+;/m1./s1. The predicted molar refractivity (Wildman–Crippen MR) is 135 cm³/mol. The number of aromatic hydroxyl groups is 1. The number of piperidine rings is 1. The number of benzene rings is 1. The first kappa shape index (κ1) is 25.5. The van der Waals surface area contributed by atoms with Crippen molar-refractivity contribution in [2.24, 2.45) is 16.5 Å². The van der Waals surface area contributed by atoms with Crippen LogP contribution in [0, 0.1) is 11.3 Å². The van der Waals surface area contributed by atoms with Gasteiger partial charge in [-0.2, -0.15) is 0 Å². The number of rotatable bonds is 2. The van der Waals surface area contributed by atoms with Gasteiger partial charge in [0.25, 0.3) is 0 Å². The van der Waals surface area contributed by atoms with Gasteiger partial charge in [-0.3, -0.25) is 4.79 Å². The van der Waals surface area contributed by atoms with Crippen molar-refractivity contribution in [2.45, 2.75) is 108 Å². The lowest BCUT2D eigenvalue weighted by molar-refractivity contribution is -0.148. The lowest BCUT2D eigenvalue weighted by atomic mass is 9.51. The molecule has 1 aromatic rings. The van der Waals surface area contributed by atoms with E-state index in [9.17, 15) is 18.3 Å². The zero-order valence-corrected chi connectivity index (χ0v) is 21.9. The Hall–Kier alpha value is -1.60. The minimum Gasteiger partial charge on any atom is -0.508 e. The number of amides is 1. The van der Waals surface area contributed by atoms with Gasteiger partial charge in [0, 0.05) is 23.9 Å². The molecule has 1 amide bonds. The minimum absolute atomic E-state index is 0.0104. The SMILES string of the molecule is CC1(C)[C@H]2Cc3c(O)cccc3[C@]1(C)CCN2C(=O)C1CCCC1.NS(=O)(=O)C1CCCCC1. The van der Waals surface area contributed by atoms with E-state index >= 15 is 0 Å². The molecule has 2 saturated carbocycles. The molecule has 2 atom stereocenters. The van der Waals surface area contributed by atoms with Crippen LogP contribution in [0.4, 0.5) is 0 Å². The molecule has 1 aliphatic heterocycles. The number of likely N-dealkylation sites (tertiary alicyclic amines) is 1. The van der Waals surface area contributed by atoms with E-state index in [1.54, 1.807) is 6.07 Å². The molecule has 6 nitrogen and oxygen atoms in total. The van der Waals surface area contributed by atoms with Gasteiger partial charge in [0.15, 0.2) is 0 Å². The van der Waals surface area contributed by atoms with E-state index in [2.05, 4.69) is 31.7 Å². The summed E-state index contributed by atoms with van der Waals surface area (Å²) in [6.45, 7) is 7.82. The van der Waals surface area contributed by atoms with Crippen molar-refractivity contribution in [3.8, 4) is 5.75 Å². The summed E-state index contributed by atoms with van der Waals surface area (Å²) in [6.07, 6.45) is 11.0. The summed E-state index contributed by atoms with van der Waals surface area (Å²) < 4.78 is 21.5. The summed E-state index contributed by atoms with van der Waals surface area (Å²) in [7, 11) is -3.23. The molecule has 190 valence electrons. The van der Waals surface area contributed by atoms with Gasteiger partial charge in [0.2, 0.25) is 15.9 Å². The number of carbonyl (C=O) groups excluding carboxylic acids is 1. The maximum Gasteiger partial charge on any atom is 0.225 e. The Morgan fingerprint density at radius 2 is 1.65 bits per heavy atom. The number of nitrogens with zero attached hydrogens (tertiary/aromatic N) is 1. The molecule has 0 unspecified atom stereocenters. The molecule has 3 aliphatic carbocycles. The fourth-order valence-electron chi connectivity index (χ4n) is 6.99. The van der Waals surface area contributed by atoms with Crippen LogP contribution in [0.2, 0.25) is 0 Å². The third kappa shape index (κ3) is 4.50. The summed E-state index contributed by atoms with van der Waals surface area (Å²) in [5.74, 6) is 0.997. The fraction of sp³-hybridized carbons (Fsp3) is 0.741. The Kier molecular flexibility index (Phi) is 7.09. The molecule has 0 aromatic heterocycles. The molecule has 7 heteroatoms. The van der Waals surface area contributed by atoms with Crippen LogP contribution in [0.1, 0.15) is 96.1 Å². The molecule has 3 N–H and O–H groups in total. The van der Waals surface area contributed by atoms with Crippen molar-refractivity contribution in [1.82, 2.24) is 4.90 Å². The van der Waals surface area contributed by atoms with Crippen LogP contribution < -0.4 is 5.14 Å².